The van der Waals surface area contributed by atoms with Crippen LogP contribution in [0.2, 0.25) is 0 Å². The molecule has 0 saturated heterocycles. The second kappa shape index (κ2) is 5.53. The van der Waals surface area contributed by atoms with Crippen LogP contribution >= 0.6 is 0 Å². The summed E-state index contributed by atoms with van der Waals surface area (Å²) in [6.45, 7) is 3.80. The molecule has 2 aromatic rings. The van der Waals surface area contributed by atoms with Crippen LogP contribution in [0.15, 0.2) is 30.6 Å². The first kappa shape index (κ1) is 13.1. The molecule has 1 amide bonds. The maximum Gasteiger partial charge on any atom is 0.251 e. The van der Waals surface area contributed by atoms with Gasteiger partial charge in [-0.3, -0.25) is 15.7 Å². The van der Waals surface area contributed by atoms with E-state index in [-0.39, 0.29) is 11.9 Å². The number of benzene rings is 1. The van der Waals surface area contributed by atoms with E-state index in [1.807, 2.05) is 13.8 Å². The minimum atomic E-state index is -0.125. The summed E-state index contributed by atoms with van der Waals surface area (Å²) < 4.78 is 0. The van der Waals surface area contributed by atoms with Crippen LogP contribution in [-0.4, -0.2) is 16.1 Å². The van der Waals surface area contributed by atoms with Gasteiger partial charge < -0.3 is 10.7 Å². The summed E-state index contributed by atoms with van der Waals surface area (Å²) in [4.78, 5) is 12.1. The van der Waals surface area contributed by atoms with Gasteiger partial charge in [0.2, 0.25) is 0 Å². The zero-order valence-electron chi connectivity index (χ0n) is 10.9. The minimum Gasteiger partial charge on any atom is -0.345 e. The summed E-state index contributed by atoms with van der Waals surface area (Å²) >= 11 is 0. The smallest absolute Gasteiger partial charge is 0.251 e. The number of aromatic nitrogens is 2. The zero-order chi connectivity index (χ0) is 13.8. The first-order valence-electron chi connectivity index (χ1n) is 5.98. The number of amides is 1. The average Bonchev–Trinajstić information content (AvgIpc) is 2.92. The van der Waals surface area contributed by atoms with Crippen molar-refractivity contribution >= 4 is 11.6 Å². The standard InChI is InChI=1S/C13H17N5O/c1-8-5-10(3-4-12(8)18-14)13(19)17-9(2)11-6-15-16-7-11/h3-7,9,18H,14H2,1-2H3,(H,15,16)(H,17,19). The topological polar surface area (TPSA) is 95.8 Å². The second-order valence-corrected chi connectivity index (χ2v) is 4.40. The number of carbonyl (C=O) groups excluding carboxylic acids is 1. The Balaban J connectivity index is 2.10. The number of aromatic amines is 1. The third kappa shape index (κ3) is 2.92. The summed E-state index contributed by atoms with van der Waals surface area (Å²) in [7, 11) is 0. The summed E-state index contributed by atoms with van der Waals surface area (Å²) in [6, 6.07) is 5.22. The summed E-state index contributed by atoms with van der Waals surface area (Å²) in [5.41, 5.74) is 5.85. The van der Waals surface area contributed by atoms with E-state index in [0.717, 1.165) is 16.8 Å². The monoisotopic (exact) mass is 259 g/mol. The van der Waals surface area contributed by atoms with Gasteiger partial charge in [-0.1, -0.05) is 0 Å². The van der Waals surface area contributed by atoms with Gasteiger partial charge in [-0.05, 0) is 37.6 Å². The highest BCUT2D eigenvalue weighted by atomic mass is 16.1. The molecule has 6 nitrogen and oxygen atoms in total. The van der Waals surface area contributed by atoms with E-state index in [4.69, 9.17) is 5.84 Å². The lowest BCUT2D eigenvalue weighted by molar-refractivity contribution is 0.0940. The van der Waals surface area contributed by atoms with Gasteiger partial charge in [0.25, 0.3) is 5.91 Å². The second-order valence-electron chi connectivity index (χ2n) is 4.40. The summed E-state index contributed by atoms with van der Waals surface area (Å²) in [5.74, 6) is 5.24. The van der Waals surface area contributed by atoms with E-state index in [0.29, 0.717) is 5.56 Å². The van der Waals surface area contributed by atoms with Crippen molar-refractivity contribution in [2.24, 2.45) is 5.84 Å². The molecule has 0 radical (unpaired) electrons. The molecule has 5 N–H and O–H groups in total. The van der Waals surface area contributed by atoms with Gasteiger partial charge in [0.1, 0.15) is 0 Å². The van der Waals surface area contributed by atoms with Crippen LogP contribution in [0.3, 0.4) is 0 Å². The van der Waals surface area contributed by atoms with Crippen LogP contribution in [0, 0.1) is 6.92 Å². The molecule has 1 atom stereocenters. The number of nitrogens with zero attached hydrogens (tertiary/aromatic N) is 1. The van der Waals surface area contributed by atoms with Crippen molar-refractivity contribution in [1.82, 2.24) is 15.5 Å². The van der Waals surface area contributed by atoms with E-state index >= 15 is 0 Å². The highest BCUT2D eigenvalue weighted by Crippen LogP contribution is 2.16. The number of H-pyrrole nitrogens is 1. The molecule has 1 aromatic carbocycles. The van der Waals surface area contributed by atoms with Crippen LogP contribution in [-0.2, 0) is 0 Å². The Morgan fingerprint density at radius 1 is 1.47 bits per heavy atom. The molecule has 0 aliphatic carbocycles. The van der Waals surface area contributed by atoms with Gasteiger partial charge in [0, 0.05) is 17.3 Å². The molecule has 0 bridgehead atoms. The van der Waals surface area contributed by atoms with Crippen molar-refractivity contribution in [2.75, 3.05) is 5.43 Å². The van der Waals surface area contributed by atoms with E-state index in [9.17, 15) is 4.79 Å². The molecule has 0 aliphatic rings. The predicted molar refractivity (Wildman–Crippen MR) is 73.5 cm³/mol. The maximum atomic E-state index is 12.1. The third-order valence-electron chi connectivity index (χ3n) is 3.01. The van der Waals surface area contributed by atoms with Crippen molar-refractivity contribution in [1.29, 1.82) is 0 Å². The largest absolute Gasteiger partial charge is 0.345 e. The van der Waals surface area contributed by atoms with Gasteiger partial charge in [-0.25, -0.2) is 0 Å². The van der Waals surface area contributed by atoms with Crippen LogP contribution in [0.1, 0.15) is 34.5 Å². The van der Waals surface area contributed by atoms with Crippen LogP contribution in [0.25, 0.3) is 0 Å². The zero-order valence-corrected chi connectivity index (χ0v) is 10.9. The van der Waals surface area contributed by atoms with Gasteiger partial charge >= 0.3 is 0 Å². The van der Waals surface area contributed by atoms with Crippen LogP contribution in [0.5, 0.6) is 0 Å². The number of hydrogen-bond acceptors (Lipinski definition) is 4. The van der Waals surface area contributed by atoms with Gasteiger partial charge in [-0.2, -0.15) is 5.10 Å². The first-order chi connectivity index (χ1) is 9.11. The Bertz CT molecular complexity index is 564. The predicted octanol–water partition coefficient (Wildman–Crippen LogP) is 1.49. The van der Waals surface area contributed by atoms with Crippen molar-refractivity contribution in [3.63, 3.8) is 0 Å². The van der Waals surface area contributed by atoms with Crippen molar-refractivity contribution in [3.05, 3.63) is 47.3 Å². The van der Waals surface area contributed by atoms with Crippen molar-refractivity contribution in [3.8, 4) is 0 Å². The Morgan fingerprint density at radius 2 is 2.26 bits per heavy atom. The normalized spacial score (nSPS) is 11.9. The molecular weight excluding hydrogens is 242 g/mol. The maximum absolute atomic E-state index is 12.1. The lowest BCUT2D eigenvalue weighted by Crippen LogP contribution is -2.26. The van der Waals surface area contributed by atoms with Gasteiger partial charge in [-0.15, -0.1) is 0 Å². The summed E-state index contributed by atoms with van der Waals surface area (Å²) in [6.07, 6.45) is 3.45. The SMILES string of the molecule is Cc1cc(C(=O)NC(C)c2cn[nH]c2)ccc1NN. The fraction of sp³-hybridized carbons (Fsp3) is 0.231. The lowest BCUT2D eigenvalue weighted by Gasteiger charge is -2.13. The van der Waals surface area contributed by atoms with Crippen LogP contribution in [0.4, 0.5) is 5.69 Å². The summed E-state index contributed by atoms with van der Waals surface area (Å²) in [5, 5.41) is 9.50. The number of nitrogens with one attached hydrogen (secondary N) is 3. The lowest BCUT2D eigenvalue weighted by atomic mass is 10.1. The minimum absolute atomic E-state index is 0.0983. The van der Waals surface area contributed by atoms with Crippen molar-refractivity contribution < 1.29 is 4.79 Å². The molecule has 2 rings (SSSR count). The van der Waals surface area contributed by atoms with E-state index in [1.165, 1.54) is 0 Å². The van der Waals surface area contributed by atoms with Crippen LogP contribution < -0.4 is 16.6 Å². The molecule has 0 aliphatic heterocycles. The fourth-order valence-electron chi connectivity index (χ4n) is 1.83. The first-order valence-corrected chi connectivity index (χ1v) is 5.98. The molecule has 19 heavy (non-hydrogen) atoms. The Kier molecular flexibility index (Phi) is 3.82. The molecule has 6 heteroatoms. The number of hydrogen-bond donors (Lipinski definition) is 4. The third-order valence-corrected chi connectivity index (χ3v) is 3.01. The number of anilines is 1. The molecule has 100 valence electrons. The molecule has 1 unspecified atom stereocenters. The number of nitrogens with two attached hydrogens (primary N) is 1. The highest BCUT2D eigenvalue weighted by molar-refractivity contribution is 5.95. The van der Waals surface area contributed by atoms with Gasteiger partial charge in [0.05, 0.1) is 17.9 Å². The number of hydrazine groups is 1. The van der Waals surface area contributed by atoms with Gasteiger partial charge in [0.15, 0.2) is 0 Å². The molecule has 0 spiro atoms. The molecule has 1 heterocycles. The highest BCUT2D eigenvalue weighted by Gasteiger charge is 2.12. The van der Waals surface area contributed by atoms with E-state index in [2.05, 4.69) is 20.9 Å². The van der Waals surface area contributed by atoms with E-state index < -0.39 is 0 Å². The Hall–Kier alpha value is -2.34. The van der Waals surface area contributed by atoms with Crippen molar-refractivity contribution in [2.45, 2.75) is 19.9 Å². The number of aryl methyl sites for hydroxylation is 1. The number of nitrogen functional groups attached to an aromatic ring is 1. The molecule has 1 aromatic heterocycles. The fourth-order valence-corrected chi connectivity index (χ4v) is 1.83. The van der Waals surface area contributed by atoms with E-state index in [1.54, 1.807) is 30.6 Å². The number of carbonyl (C=O) groups is 1. The number of rotatable bonds is 4. The Morgan fingerprint density at radius 3 is 2.84 bits per heavy atom. The average molecular weight is 259 g/mol. The molecular formula is C13H17N5O. The molecule has 0 saturated carbocycles. The Labute approximate surface area is 111 Å². The molecule has 0 fully saturated rings. The quantitative estimate of drug-likeness (QED) is 0.494.